The Hall–Kier alpha value is -1.58. The van der Waals surface area contributed by atoms with Crippen LogP contribution in [-0.2, 0) is 19.6 Å². The number of benzene rings is 1. The van der Waals surface area contributed by atoms with Crippen molar-refractivity contribution in [2.75, 3.05) is 17.3 Å². The van der Waals surface area contributed by atoms with Crippen LogP contribution >= 0.6 is 11.8 Å². The fourth-order valence-electron chi connectivity index (χ4n) is 1.64. The van der Waals surface area contributed by atoms with E-state index in [1.54, 1.807) is 0 Å². The molecule has 0 spiro atoms. The van der Waals surface area contributed by atoms with Gasteiger partial charge in [-0.25, -0.2) is 8.42 Å². The van der Waals surface area contributed by atoms with Crippen molar-refractivity contribution in [3.05, 3.63) is 24.3 Å². The first-order valence-corrected chi connectivity index (χ1v) is 9.25. The predicted molar refractivity (Wildman–Crippen MR) is 85.5 cm³/mol. The normalized spacial score (nSPS) is 12.6. The first kappa shape index (κ1) is 18.5. The number of anilines is 1. The number of hydrogen-bond donors (Lipinski definition) is 3. The molecule has 0 heterocycles. The SMILES string of the molecule is CSCCC(NS(=O)(=O)c1ccc(NC(C)=O)cc1)C(=O)O. The fraction of sp³-hybridized carbons (Fsp3) is 0.385. The van der Waals surface area contributed by atoms with Crippen molar-refractivity contribution >= 4 is 39.3 Å². The molecule has 0 fully saturated rings. The van der Waals surface area contributed by atoms with Gasteiger partial charge in [-0.1, -0.05) is 0 Å². The third-order valence-corrected chi connectivity index (χ3v) is 4.82. The third kappa shape index (κ3) is 5.66. The lowest BCUT2D eigenvalue weighted by Gasteiger charge is -2.14. The molecule has 0 aliphatic carbocycles. The number of carbonyl (C=O) groups excluding carboxylic acids is 1. The lowest BCUT2D eigenvalue weighted by atomic mass is 10.2. The molecule has 122 valence electrons. The van der Waals surface area contributed by atoms with Gasteiger partial charge in [0.05, 0.1) is 4.90 Å². The second-order valence-corrected chi connectivity index (χ2v) is 7.20. The summed E-state index contributed by atoms with van der Waals surface area (Å²) in [6.45, 7) is 1.34. The van der Waals surface area contributed by atoms with Crippen LogP contribution in [0.1, 0.15) is 13.3 Å². The fourth-order valence-corrected chi connectivity index (χ4v) is 3.34. The molecule has 7 nitrogen and oxygen atoms in total. The number of aliphatic carboxylic acids is 1. The van der Waals surface area contributed by atoms with Gasteiger partial charge >= 0.3 is 5.97 Å². The van der Waals surface area contributed by atoms with Gasteiger partial charge in [-0.15, -0.1) is 0 Å². The summed E-state index contributed by atoms with van der Waals surface area (Å²) in [7, 11) is -3.93. The molecule has 1 atom stereocenters. The van der Waals surface area contributed by atoms with Crippen LogP contribution in [0.25, 0.3) is 0 Å². The maximum atomic E-state index is 12.2. The summed E-state index contributed by atoms with van der Waals surface area (Å²) in [5.74, 6) is -0.953. The molecule has 1 aromatic rings. The standard InChI is InChI=1S/C13H18N2O5S2/c1-9(16)14-10-3-5-11(6-4-10)22(19,20)15-12(13(17)18)7-8-21-2/h3-6,12,15H,7-8H2,1-2H3,(H,14,16)(H,17,18). The zero-order chi connectivity index (χ0) is 16.8. The van der Waals surface area contributed by atoms with Crippen molar-refractivity contribution in [1.82, 2.24) is 4.72 Å². The second kappa shape index (κ2) is 8.16. The molecule has 0 radical (unpaired) electrons. The number of rotatable bonds is 8. The molecule has 1 rings (SSSR count). The number of hydrogen-bond acceptors (Lipinski definition) is 5. The van der Waals surface area contributed by atoms with E-state index in [1.807, 2.05) is 6.26 Å². The van der Waals surface area contributed by atoms with Gasteiger partial charge in [0.1, 0.15) is 6.04 Å². The van der Waals surface area contributed by atoms with Crippen LogP contribution < -0.4 is 10.0 Å². The Kier molecular flexibility index (Phi) is 6.85. The molecule has 1 aromatic carbocycles. The average Bonchev–Trinajstić information content (AvgIpc) is 2.43. The summed E-state index contributed by atoms with van der Waals surface area (Å²) in [5.41, 5.74) is 0.462. The number of amides is 1. The van der Waals surface area contributed by atoms with Crippen LogP contribution in [0.4, 0.5) is 5.69 Å². The van der Waals surface area contributed by atoms with Gasteiger partial charge in [-0.2, -0.15) is 16.5 Å². The van der Waals surface area contributed by atoms with E-state index in [-0.39, 0.29) is 17.2 Å². The Morgan fingerprint density at radius 2 is 1.86 bits per heavy atom. The molecule has 22 heavy (non-hydrogen) atoms. The van der Waals surface area contributed by atoms with Crippen LogP contribution in [0.5, 0.6) is 0 Å². The minimum atomic E-state index is -3.93. The molecule has 1 amide bonds. The summed E-state index contributed by atoms with van der Waals surface area (Å²) in [6, 6.07) is 4.32. The van der Waals surface area contributed by atoms with Crippen molar-refractivity contribution < 1.29 is 23.1 Å². The van der Waals surface area contributed by atoms with E-state index in [4.69, 9.17) is 5.11 Å². The number of carboxylic acid groups (broad SMARTS) is 1. The van der Waals surface area contributed by atoms with Crippen LogP contribution in [-0.4, -0.2) is 43.5 Å². The zero-order valence-electron chi connectivity index (χ0n) is 12.2. The van der Waals surface area contributed by atoms with Crippen LogP contribution in [0, 0.1) is 0 Å². The van der Waals surface area contributed by atoms with Gasteiger partial charge in [0.15, 0.2) is 0 Å². The largest absolute Gasteiger partial charge is 0.480 e. The predicted octanol–water partition coefficient (Wildman–Crippen LogP) is 1.13. The minimum Gasteiger partial charge on any atom is -0.480 e. The summed E-state index contributed by atoms with van der Waals surface area (Å²) < 4.78 is 26.5. The van der Waals surface area contributed by atoms with Gasteiger partial charge in [-0.05, 0) is 42.7 Å². The maximum absolute atomic E-state index is 12.2. The number of thioether (sulfide) groups is 1. The van der Waals surface area contributed by atoms with E-state index in [2.05, 4.69) is 10.0 Å². The van der Waals surface area contributed by atoms with Crippen molar-refractivity contribution in [3.63, 3.8) is 0 Å². The van der Waals surface area contributed by atoms with E-state index in [1.165, 1.54) is 43.0 Å². The first-order chi connectivity index (χ1) is 10.3. The van der Waals surface area contributed by atoms with E-state index >= 15 is 0 Å². The maximum Gasteiger partial charge on any atom is 0.321 e. The second-order valence-electron chi connectivity index (χ2n) is 4.50. The number of nitrogens with one attached hydrogen (secondary N) is 2. The molecule has 3 N–H and O–H groups in total. The highest BCUT2D eigenvalue weighted by Crippen LogP contribution is 2.15. The summed E-state index contributed by atoms with van der Waals surface area (Å²) in [6.07, 6.45) is 2.01. The van der Waals surface area contributed by atoms with Crippen LogP contribution in [0.15, 0.2) is 29.2 Å². The number of carbonyl (C=O) groups is 2. The first-order valence-electron chi connectivity index (χ1n) is 6.38. The summed E-state index contributed by atoms with van der Waals surface area (Å²) in [5, 5.41) is 11.6. The highest BCUT2D eigenvalue weighted by molar-refractivity contribution is 7.98. The Morgan fingerprint density at radius 1 is 1.27 bits per heavy atom. The molecule has 0 bridgehead atoms. The zero-order valence-corrected chi connectivity index (χ0v) is 13.8. The lowest BCUT2D eigenvalue weighted by molar-refractivity contribution is -0.139. The highest BCUT2D eigenvalue weighted by atomic mass is 32.2. The number of sulfonamides is 1. The van der Waals surface area contributed by atoms with Crippen molar-refractivity contribution in [2.24, 2.45) is 0 Å². The smallest absolute Gasteiger partial charge is 0.321 e. The van der Waals surface area contributed by atoms with E-state index in [0.717, 1.165) is 0 Å². The minimum absolute atomic E-state index is 0.0583. The van der Waals surface area contributed by atoms with E-state index in [9.17, 15) is 18.0 Å². The summed E-state index contributed by atoms with van der Waals surface area (Å²) in [4.78, 5) is 22.0. The molecular weight excluding hydrogens is 328 g/mol. The van der Waals surface area contributed by atoms with Gasteiger partial charge in [-0.3, -0.25) is 9.59 Å². The lowest BCUT2D eigenvalue weighted by Crippen LogP contribution is -2.41. The van der Waals surface area contributed by atoms with Crippen molar-refractivity contribution in [3.8, 4) is 0 Å². The Balaban J connectivity index is 2.88. The third-order valence-electron chi connectivity index (χ3n) is 2.69. The van der Waals surface area contributed by atoms with E-state index in [0.29, 0.717) is 11.4 Å². The highest BCUT2D eigenvalue weighted by Gasteiger charge is 2.24. The topological polar surface area (TPSA) is 113 Å². The Labute approximate surface area is 133 Å². The number of carboxylic acids is 1. The average molecular weight is 346 g/mol. The van der Waals surface area contributed by atoms with Gasteiger partial charge in [0, 0.05) is 12.6 Å². The van der Waals surface area contributed by atoms with Crippen LogP contribution in [0.2, 0.25) is 0 Å². The molecule has 0 saturated heterocycles. The molecule has 0 aliphatic rings. The van der Waals surface area contributed by atoms with Gasteiger partial charge in [0.2, 0.25) is 15.9 Å². The van der Waals surface area contributed by atoms with Crippen molar-refractivity contribution in [1.29, 1.82) is 0 Å². The monoisotopic (exact) mass is 346 g/mol. The molecular formula is C13H18N2O5S2. The van der Waals surface area contributed by atoms with Crippen LogP contribution in [0.3, 0.4) is 0 Å². The molecule has 1 unspecified atom stereocenters. The molecule has 0 aromatic heterocycles. The Bertz CT molecular complexity index is 628. The molecule has 9 heteroatoms. The summed E-state index contributed by atoms with van der Waals surface area (Å²) >= 11 is 1.44. The van der Waals surface area contributed by atoms with E-state index < -0.39 is 22.0 Å². The molecule has 0 saturated carbocycles. The van der Waals surface area contributed by atoms with Gasteiger partial charge in [0.25, 0.3) is 0 Å². The van der Waals surface area contributed by atoms with Gasteiger partial charge < -0.3 is 10.4 Å². The quantitative estimate of drug-likeness (QED) is 0.650. The Morgan fingerprint density at radius 3 is 2.32 bits per heavy atom. The van der Waals surface area contributed by atoms with Crippen molar-refractivity contribution in [2.45, 2.75) is 24.3 Å². The molecule has 0 aliphatic heterocycles.